The van der Waals surface area contributed by atoms with Gasteiger partial charge in [0.05, 0.1) is 12.2 Å². The molecule has 2 rings (SSSR count). The largest absolute Gasteiger partial charge is 0.456 e. The van der Waals surface area contributed by atoms with Crippen molar-refractivity contribution in [2.45, 2.75) is 19.6 Å². The SMILES string of the molecule is Cc1c(C(=O)C(F)(F)F)nnn1Cc1c(F)cccc1F. The predicted octanol–water partition coefficient (Wildman–Crippen LogP) is 2.66. The van der Waals surface area contributed by atoms with E-state index < -0.39 is 35.8 Å². The number of benzene rings is 1. The molecule has 4 nitrogen and oxygen atoms in total. The van der Waals surface area contributed by atoms with Crippen LogP contribution in [0.5, 0.6) is 0 Å². The number of carbonyl (C=O) groups is 1. The summed E-state index contributed by atoms with van der Waals surface area (Å²) in [6, 6.07) is 3.17. The smallest absolute Gasteiger partial charge is 0.282 e. The fraction of sp³-hybridized carbons (Fsp3) is 0.250. The monoisotopic (exact) mass is 305 g/mol. The van der Waals surface area contributed by atoms with Gasteiger partial charge in [0.2, 0.25) is 0 Å². The molecular formula is C12H8F5N3O. The minimum Gasteiger partial charge on any atom is -0.282 e. The number of hydrogen-bond acceptors (Lipinski definition) is 3. The molecule has 1 aromatic heterocycles. The van der Waals surface area contributed by atoms with Crippen LogP contribution in [-0.2, 0) is 6.54 Å². The highest BCUT2D eigenvalue weighted by Gasteiger charge is 2.42. The fourth-order valence-electron chi connectivity index (χ4n) is 1.69. The van der Waals surface area contributed by atoms with Crippen molar-refractivity contribution < 1.29 is 26.7 Å². The molecule has 0 bridgehead atoms. The van der Waals surface area contributed by atoms with Gasteiger partial charge in [-0.25, -0.2) is 13.5 Å². The first-order valence-electron chi connectivity index (χ1n) is 5.66. The van der Waals surface area contributed by atoms with Crippen LogP contribution in [0.3, 0.4) is 0 Å². The maximum atomic E-state index is 13.5. The van der Waals surface area contributed by atoms with E-state index in [-0.39, 0.29) is 11.3 Å². The quantitative estimate of drug-likeness (QED) is 0.647. The number of rotatable bonds is 3. The standard InChI is InChI=1S/C12H8F5N3O/c1-6-10(11(21)12(15,16)17)18-19-20(6)5-7-8(13)3-2-4-9(7)14/h2-4H,5H2,1H3. The lowest BCUT2D eigenvalue weighted by atomic mass is 10.2. The van der Waals surface area contributed by atoms with Crippen molar-refractivity contribution in [1.29, 1.82) is 0 Å². The van der Waals surface area contributed by atoms with Crippen LogP contribution in [0.1, 0.15) is 21.7 Å². The van der Waals surface area contributed by atoms with Crippen molar-refractivity contribution in [2.24, 2.45) is 0 Å². The van der Waals surface area contributed by atoms with Crippen LogP contribution in [0, 0.1) is 18.6 Å². The average Bonchev–Trinajstić information content (AvgIpc) is 2.73. The Labute approximate surface area is 115 Å². The zero-order valence-electron chi connectivity index (χ0n) is 10.6. The number of hydrogen-bond donors (Lipinski definition) is 0. The molecule has 1 aromatic carbocycles. The third-order valence-corrected chi connectivity index (χ3v) is 2.82. The first-order chi connectivity index (χ1) is 9.71. The van der Waals surface area contributed by atoms with Gasteiger partial charge in [-0.3, -0.25) is 4.79 Å². The highest BCUT2D eigenvalue weighted by Crippen LogP contribution is 2.22. The van der Waals surface area contributed by atoms with E-state index in [4.69, 9.17) is 0 Å². The van der Waals surface area contributed by atoms with E-state index in [1.54, 1.807) is 0 Å². The van der Waals surface area contributed by atoms with Crippen LogP contribution in [0.2, 0.25) is 0 Å². The van der Waals surface area contributed by atoms with Gasteiger partial charge in [-0.2, -0.15) is 13.2 Å². The summed E-state index contributed by atoms with van der Waals surface area (Å²) in [7, 11) is 0. The van der Waals surface area contributed by atoms with Crippen LogP contribution in [-0.4, -0.2) is 27.0 Å². The number of nitrogens with zero attached hydrogens (tertiary/aromatic N) is 3. The summed E-state index contributed by atoms with van der Waals surface area (Å²) in [5, 5.41) is 6.48. The molecule has 0 unspecified atom stereocenters. The van der Waals surface area contributed by atoms with Gasteiger partial charge in [0, 0.05) is 5.56 Å². The molecule has 2 aromatic rings. The lowest BCUT2D eigenvalue weighted by Gasteiger charge is -2.07. The van der Waals surface area contributed by atoms with E-state index in [0.717, 1.165) is 29.8 Å². The van der Waals surface area contributed by atoms with Gasteiger partial charge in [-0.05, 0) is 19.1 Å². The summed E-state index contributed by atoms with van der Waals surface area (Å²) >= 11 is 0. The summed E-state index contributed by atoms with van der Waals surface area (Å²) in [6.07, 6.45) is -5.09. The molecule has 1 heterocycles. The molecule has 0 N–H and O–H groups in total. The van der Waals surface area contributed by atoms with Crippen LogP contribution in [0.4, 0.5) is 22.0 Å². The molecule has 0 aliphatic carbocycles. The molecule has 0 saturated heterocycles. The number of alkyl halides is 3. The van der Waals surface area contributed by atoms with Gasteiger partial charge in [-0.15, -0.1) is 5.10 Å². The molecule has 0 radical (unpaired) electrons. The second-order valence-corrected chi connectivity index (χ2v) is 4.21. The molecule has 0 amide bonds. The van der Waals surface area contributed by atoms with E-state index in [1.165, 1.54) is 0 Å². The Hall–Kier alpha value is -2.32. The van der Waals surface area contributed by atoms with Gasteiger partial charge in [-0.1, -0.05) is 11.3 Å². The highest BCUT2D eigenvalue weighted by molar-refractivity contribution is 5.99. The molecule has 0 saturated carbocycles. The van der Waals surface area contributed by atoms with Crippen molar-refractivity contribution in [2.75, 3.05) is 0 Å². The maximum Gasteiger partial charge on any atom is 0.456 e. The fourth-order valence-corrected chi connectivity index (χ4v) is 1.69. The molecule has 0 aliphatic rings. The Kier molecular flexibility index (Phi) is 3.75. The second-order valence-electron chi connectivity index (χ2n) is 4.21. The minimum absolute atomic E-state index is 0.222. The third-order valence-electron chi connectivity index (χ3n) is 2.82. The van der Waals surface area contributed by atoms with Gasteiger partial charge in [0.1, 0.15) is 11.6 Å². The summed E-state index contributed by atoms with van der Waals surface area (Å²) in [6.45, 7) is 0.695. The van der Waals surface area contributed by atoms with Gasteiger partial charge in [0.15, 0.2) is 5.69 Å². The highest BCUT2D eigenvalue weighted by atomic mass is 19.4. The van der Waals surface area contributed by atoms with Crippen LogP contribution < -0.4 is 0 Å². The zero-order valence-corrected chi connectivity index (χ0v) is 10.6. The molecule has 21 heavy (non-hydrogen) atoms. The molecular weight excluding hydrogens is 297 g/mol. The first-order valence-corrected chi connectivity index (χ1v) is 5.66. The number of ketones is 1. The number of halogens is 5. The molecule has 0 aliphatic heterocycles. The zero-order chi connectivity index (χ0) is 15.8. The molecule has 9 heteroatoms. The average molecular weight is 305 g/mol. The number of Topliss-reactive ketones (excluding diaryl/α,β-unsaturated/α-hetero) is 1. The van der Waals surface area contributed by atoms with Crippen molar-refractivity contribution in [1.82, 2.24) is 15.0 Å². The van der Waals surface area contributed by atoms with E-state index in [2.05, 4.69) is 10.3 Å². The molecule has 0 fully saturated rings. The summed E-state index contributed by atoms with van der Waals surface area (Å²) in [4.78, 5) is 11.1. The van der Waals surface area contributed by atoms with E-state index in [0.29, 0.717) is 0 Å². The Morgan fingerprint density at radius 3 is 2.33 bits per heavy atom. The predicted molar refractivity (Wildman–Crippen MR) is 60.6 cm³/mol. The summed E-state index contributed by atoms with van der Waals surface area (Å²) in [5.41, 5.74) is -1.49. The normalized spacial score (nSPS) is 11.7. The Balaban J connectivity index is 2.36. The number of aromatic nitrogens is 3. The summed E-state index contributed by atoms with van der Waals surface area (Å²) < 4.78 is 64.8. The summed E-state index contributed by atoms with van der Waals surface area (Å²) in [5.74, 6) is -3.89. The van der Waals surface area contributed by atoms with E-state index >= 15 is 0 Å². The molecule has 0 spiro atoms. The maximum absolute atomic E-state index is 13.5. The van der Waals surface area contributed by atoms with Gasteiger partial charge < -0.3 is 0 Å². The minimum atomic E-state index is -5.09. The van der Waals surface area contributed by atoms with Crippen molar-refractivity contribution >= 4 is 5.78 Å². The Morgan fingerprint density at radius 2 is 1.81 bits per heavy atom. The van der Waals surface area contributed by atoms with Crippen molar-refractivity contribution in [3.05, 3.63) is 46.8 Å². The Morgan fingerprint density at radius 1 is 1.24 bits per heavy atom. The Bertz CT molecular complexity index is 672. The van der Waals surface area contributed by atoms with Gasteiger partial charge >= 0.3 is 6.18 Å². The van der Waals surface area contributed by atoms with E-state index in [9.17, 15) is 26.7 Å². The van der Waals surface area contributed by atoms with Crippen molar-refractivity contribution in [3.8, 4) is 0 Å². The van der Waals surface area contributed by atoms with Crippen LogP contribution in [0.25, 0.3) is 0 Å². The third kappa shape index (κ3) is 2.91. The topological polar surface area (TPSA) is 47.8 Å². The molecule has 0 atom stereocenters. The lowest BCUT2D eigenvalue weighted by molar-refractivity contribution is -0.0888. The van der Waals surface area contributed by atoms with E-state index in [1.807, 2.05) is 0 Å². The molecule has 112 valence electrons. The first kappa shape index (κ1) is 15.1. The lowest BCUT2D eigenvalue weighted by Crippen LogP contribution is -2.24. The van der Waals surface area contributed by atoms with Gasteiger partial charge in [0.25, 0.3) is 5.78 Å². The van der Waals surface area contributed by atoms with Crippen LogP contribution in [0.15, 0.2) is 18.2 Å². The van der Waals surface area contributed by atoms with Crippen molar-refractivity contribution in [3.63, 3.8) is 0 Å². The second kappa shape index (κ2) is 5.23. The van der Waals surface area contributed by atoms with Crippen LogP contribution >= 0.6 is 0 Å². The number of carbonyl (C=O) groups excluding carboxylic acids is 1.